The molecule has 1 aliphatic rings. The quantitative estimate of drug-likeness (QED) is 0.939. The second-order valence-corrected chi connectivity index (χ2v) is 5.60. The molecule has 3 rings (SSSR count). The van der Waals surface area contributed by atoms with Crippen LogP contribution >= 0.6 is 0 Å². The van der Waals surface area contributed by atoms with Crippen molar-refractivity contribution in [2.45, 2.75) is 26.8 Å². The van der Waals surface area contributed by atoms with Gasteiger partial charge in [0.15, 0.2) is 0 Å². The van der Waals surface area contributed by atoms with Crippen LogP contribution in [0.5, 0.6) is 0 Å². The number of hydrogen-bond donors (Lipinski definition) is 1. The summed E-state index contributed by atoms with van der Waals surface area (Å²) in [4.78, 5) is 13.4. The number of hydrogen-bond acceptors (Lipinski definition) is 3. The predicted octanol–water partition coefficient (Wildman–Crippen LogP) is 2.17. The Morgan fingerprint density at radius 3 is 2.71 bits per heavy atom. The first-order valence-corrected chi connectivity index (χ1v) is 7.10. The number of carbonyl (C=O) groups is 1. The summed E-state index contributed by atoms with van der Waals surface area (Å²) in [5, 5.41) is 7.86. The molecule has 0 unspecified atom stereocenters. The first-order valence-electron chi connectivity index (χ1n) is 7.10. The van der Waals surface area contributed by atoms with E-state index in [0.717, 1.165) is 29.2 Å². The molecule has 1 amide bonds. The van der Waals surface area contributed by atoms with E-state index in [1.165, 1.54) is 11.3 Å². The van der Waals surface area contributed by atoms with Crippen LogP contribution in [0.4, 0.5) is 11.4 Å². The molecule has 2 aromatic rings. The second-order valence-electron chi connectivity index (χ2n) is 5.60. The van der Waals surface area contributed by atoms with Gasteiger partial charge in [-0.3, -0.25) is 9.48 Å². The Kier molecular flexibility index (Phi) is 3.20. The van der Waals surface area contributed by atoms with Crippen LogP contribution in [0.2, 0.25) is 0 Å². The average molecular weight is 284 g/mol. The van der Waals surface area contributed by atoms with E-state index in [1.807, 2.05) is 37.8 Å². The summed E-state index contributed by atoms with van der Waals surface area (Å²) >= 11 is 0. The maximum Gasteiger partial charge on any atom is 0.231 e. The van der Waals surface area contributed by atoms with Gasteiger partial charge in [0.2, 0.25) is 5.91 Å². The minimum absolute atomic E-state index is 0.154. The third-order valence-corrected chi connectivity index (χ3v) is 4.28. The van der Waals surface area contributed by atoms with Crippen LogP contribution in [-0.4, -0.2) is 22.7 Å². The summed E-state index contributed by atoms with van der Waals surface area (Å²) in [5.41, 5.74) is 6.60. The van der Waals surface area contributed by atoms with Crippen molar-refractivity contribution >= 4 is 17.3 Å². The smallest absolute Gasteiger partial charge is 0.231 e. The third kappa shape index (κ3) is 2.28. The Hall–Kier alpha value is -2.30. The molecule has 0 saturated heterocycles. The van der Waals surface area contributed by atoms with Gasteiger partial charge in [-0.25, -0.2) is 0 Å². The molecule has 0 saturated carbocycles. The van der Waals surface area contributed by atoms with Crippen molar-refractivity contribution in [3.8, 4) is 0 Å². The number of anilines is 2. The Balaban J connectivity index is 1.78. The Labute approximate surface area is 124 Å². The van der Waals surface area contributed by atoms with Crippen molar-refractivity contribution in [1.82, 2.24) is 9.78 Å². The summed E-state index contributed by atoms with van der Waals surface area (Å²) in [6.07, 6.45) is 0.492. The van der Waals surface area contributed by atoms with E-state index < -0.39 is 0 Å². The predicted molar refractivity (Wildman–Crippen MR) is 83.6 cm³/mol. The molecule has 0 bridgehead atoms. The highest BCUT2D eigenvalue weighted by molar-refractivity contribution is 6.01. The van der Waals surface area contributed by atoms with E-state index in [-0.39, 0.29) is 5.91 Å². The second kappa shape index (κ2) is 4.91. The standard InChI is InChI=1S/C16H20N4O/c1-10-14(11(2)20(4)18-10)9-17-13-5-6-15-12(7-13)8-16(21)19(15)3/h5-7,17H,8-9H2,1-4H3. The molecule has 0 spiro atoms. The van der Waals surface area contributed by atoms with E-state index in [9.17, 15) is 4.79 Å². The van der Waals surface area contributed by atoms with Gasteiger partial charge in [0, 0.05) is 43.3 Å². The van der Waals surface area contributed by atoms with Gasteiger partial charge in [-0.05, 0) is 37.6 Å². The van der Waals surface area contributed by atoms with Crippen molar-refractivity contribution in [2.75, 3.05) is 17.3 Å². The number of amides is 1. The highest BCUT2D eigenvalue weighted by Crippen LogP contribution is 2.30. The first kappa shape index (κ1) is 13.7. The molecule has 2 heterocycles. The molecule has 5 nitrogen and oxygen atoms in total. The summed E-state index contributed by atoms with van der Waals surface area (Å²) in [6, 6.07) is 6.10. The molecule has 1 aromatic carbocycles. The number of aryl methyl sites for hydroxylation is 2. The molecular weight excluding hydrogens is 264 g/mol. The molecule has 21 heavy (non-hydrogen) atoms. The van der Waals surface area contributed by atoms with Crippen LogP contribution in [0, 0.1) is 13.8 Å². The zero-order chi connectivity index (χ0) is 15.1. The van der Waals surface area contributed by atoms with Crippen LogP contribution < -0.4 is 10.2 Å². The lowest BCUT2D eigenvalue weighted by Gasteiger charge is -2.12. The van der Waals surface area contributed by atoms with E-state index in [4.69, 9.17) is 0 Å². The van der Waals surface area contributed by atoms with E-state index in [2.05, 4.69) is 23.4 Å². The van der Waals surface area contributed by atoms with Crippen molar-refractivity contribution < 1.29 is 4.79 Å². The number of fused-ring (bicyclic) bond motifs is 1. The maximum absolute atomic E-state index is 11.7. The molecule has 0 fully saturated rings. The lowest BCUT2D eigenvalue weighted by Crippen LogP contribution is -2.20. The minimum Gasteiger partial charge on any atom is -0.381 e. The number of aromatic nitrogens is 2. The number of rotatable bonds is 3. The molecular formula is C16H20N4O. The molecule has 0 aliphatic carbocycles. The highest BCUT2D eigenvalue weighted by atomic mass is 16.2. The lowest BCUT2D eigenvalue weighted by atomic mass is 10.1. The van der Waals surface area contributed by atoms with Gasteiger partial charge in [0.25, 0.3) is 0 Å². The van der Waals surface area contributed by atoms with Gasteiger partial charge in [0.1, 0.15) is 0 Å². The average Bonchev–Trinajstić information content (AvgIpc) is 2.86. The van der Waals surface area contributed by atoms with Crippen molar-refractivity contribution in [1.29, 1.82) is 0 Å². The maximum atomic E-state index is 11.7. The SMILES string of the molecule is Cc1nn(C)c(C)c1CNc1ccc2c(c1)CC(=O)N2C. The largest absolute Gasteiger partial charge is 0.381 e. The third-order valence-electron chi connectivity index (χ3n) is 4.28. The molecule has 110 valence electrons. The summed E-state index contributed by atoms with van der Waals surface area (Å²) < 4.78 is 1.91. The van der Waals surface area contributed by atoms with Gasteiger partial charge >= 0.3 is 0 Å². The Morgan fingerprint density at radius 2 is 2.05 bits per heavy atom. The Bertz CT molecular complexity index is 717. The van der Waals surface area contributed by atoms with E-state index in [0.29, 0.717) is 6.42 Å². The van der Waals surface area contributed by atoms with Crippen LogP contribution in [0.3, 0.4) is 0 Å². The van der Waals surface area contributed by atoms with Crippen LogP contribution in [0.25, 0.3) is 0 Å². The van der Waals surface area contributed by atoms with Gasteiger partial charge in [0.05, 0.1) is 12.1 Å². The fraction of sp³-hybridized carbons (Fsp3) is 0.375. The van der Waals surface area contributed by atoms with Crippen molar-refractivity contribution in [3.05, 3.63) is 40.7 Å². The molecule has 1 N–H and O–H groups in total. The fourth-order valence-corrected chi connectivity index (χ4v) is 2.84. The number of nitrogens with one attached hydrogen (secondary N) is 1. The zero-order valence-corrected chi connectivity index (χ0v) is 12.9. The molecule has 1 aromatic heterocycles. The monoisotopic (exact) mass is 284 g/mol. The molecule has 0 atom stereocenters. The van der Waals surface area contributed by atoms with Crippen LogP contribution in [0.15, 0.2) is 18.2 Å². The van der Waals surface area contributed by atoms with Crippen molar-refractivity contribution in [2.24, 2.45) is 7.05 Å². The van der Waals surface area contributed by atoms with E-state index in [1.54, 1.807) is 4.90 Å². The zero-order valence-electron chi connectivity index (χ0n) is 12.9. The minimum atomic E-state index is 0.154. The summed E-state index contributed by atoms with van der Waals surface area (Å²) in [7, 11) is 3.78. The molecule has 1 aliphatic heterocycles. The number of likely N-dealkylation sites (N-methyl/N-ethyl adjacent to an activating group) is 1. The van der Waals surface area contributed by atoms with Crippen LogP contribution in [-0.2, 0) is 24.8 Å². The fourth-order valence-electron chi connectivity index (χ4n) is 2.84. The first-order chi connectivity index (χ1) is 9.97. The van der Waals surface area contributed by atoms with Gasteiger partial charge in [-0.2, -0.15) is 5.10 Å². The number of carbonyl (C=O) groups excluding carboxylic acids is 1. The van der Waals surface area contributed by atoms with Gasteiger partial charge in [-0.15, -0.1) is 0 Å². The van der Waals surface area contributed by atoms with Crippen molar-refractivity contribution in [3.63, 3.8) is 0 Å². The van der Waals surface area contributed by atoms with E-state index >= 15 is 0 Å². The number of benzene rings is 1. The van der Waals surface area contributed by atoms with Crippen LogP contribution in [0.1, 0.15) is 22.5 Å². The summed E-state index contributed by atoms with van der Waals surface area (Å²) in [5.74, 6) is 0.154. The molecule has 0 radical (unpaired) electrons. The van der Waals surface area contributed by atoms with Gasteiger partial charge in [-0.1, -0.05) is 0 Å². The molecule has 5 heteroatoms. The Morgan fingerprint density at radius 1 is 1.29 bits per heavy atom. The van der Waals surface area contributed by atoms with Gasteiger partial charge < -0.3 is 10.2 Å². The normalized spacial score (nSPS) is 13.7. The number of nitrogens with zero attached hydrogens (tertiary/aromatic N) is 3. The summed E-state index contributed by atoms with van der Waals surface area (Å²) in [6.45, 7) is 4.85. The topological polar surface area (TPSA) is 50.2 Å². The highest BCUT2D eigenvalue weighted by Gasteiger charge is 2.23. The lowest BCUT2D eigenvalue weighted by molar-refractivity contribution is -0.117.